The number of carboxylic acids is 1. The van der Waals surface area contributed by atoms with Gasteiger partial charge in [0.05, 0.1) is 12.2 Å². The molecule has 1 aromatic carbocycles. The molecule has 0 radical (unpaired) electrons. The summed E-state index contributed by atoms with van der Waals surface area (Å²) in [6.07, 6.45) is -3.89. The van der Waals surface area contributed by atoms with Crippen molar-refractivity contribution < 1.29 is 34.0 Å². The van der Waals surface area contributed by atoms with Crippen LogP contribution in [0.25, 0.3) is 0 Å². The molecule has 19 heavy (non-hydrogen) atoms. The summed E-state index contributed by atoms with van der Waals surface area (Å²) in [6.45, 7) is 1.49. The van der Waals surface area contributed by atoms with Gasteiger partial charge in [-0.15, -0.1) is 0 Å². The third-order valence-electron chi connectivity index (χ3n) is 2.39. The molecule has 104 valence electrons. The number of aliphatic hydroxyl groups excluding tert-OH is 2. The van der Waals surface area contributed by atoms with E-state index in [-0.39, 0.29) is 12.2 Å². The smallest absolute Gasteiger partial charge is 0.338 e. The lowest BCUT2D eigenvalue weighted by Crippen LogP contribution is -2.30. The molecule has 0 saturated carbocycles. The van der Waals surface area contributed by atoms with Crippen molar-refractivity contribution in [2.24, 2.45) is 0 Å². The van der Waals surface area contributed by atoms with E-state index in [1.807, 2.05) is 0 Å². The van der Waals surface area contributed by atoms with Crippen LogP contribution >= 0.6 is 0 Å². The number of esters is 1. The van der Waals surface area contributed by atoms with Gasteiger partial charge in [0.2, 0.25) is 0 Å². The molecule has 0 aliphatic heterocycles. The third-order valence-corrected chi connectivity index (χ3v) is 2.39. The minimum atomic E-state index is -1.99. The standard InChI is InChI=1S/C12H13FO6/c1-2-19-12(18)10(15)9(14)7-5-6(11(16)17)3-4-8(7)13/h3-5,9-10,14-15H,2H2,1H3,(H,16,17). The first kappa shape index (κ1) is 15.1. The number of benzene rings is 1. The molecule has 0 spiro atoms. The number of hydrogen-bond donors (Lipinski definition) is 3. The number of carbonyl (C=O) groups is 2. The van der Waals surface area contributed by atoms with E-state index in [4.69, 9.17) is 5.11 Å². The van der Waals surface area contributed by atoms with Crippen LogP contribution in [0.4, 0.5) is 4.39 Å². The zero-order chi connectivity index (χ0) is 14.6. The highest BCUT2D eigenvalue weighted by Gasteiger charge is 2.29. The molecule has 0 heterocycles. The van der Waals surface area contributed by atoms with Gasteiger partial charge in [0, 0.05) is 5.56 Å². The van der Waals surface area contributed by atoms with Crippen LogP contribution in [-0.4, -0.2) is 40.0 Å². The minimum absolute atomic E-state index is 0.0136. The predicted molar refractivity (Wildman–Crippen MR) is 61.0 cm³/mol. The largest absolute Gasteiger partial charge is 0.478 e. The van der Waals surface area contributed by atoms with E-state index >= 15 is 0 Å². The summed E-state index contributed by atoms with van der Waals surface area (Å²) in [5.41, 5.74) is -0.757. The van der Waals surface area contributed by atoms with E-state index in [0.717, 1.165) is 18.2 Å². The molecule has 0 bridgehead atoms. The first-order chi connectivity index (χ1) is 8.88. The summed E-state index contributed by atoms with van der Waals surface area (Å²) in [5, 5.41) is 27.9. The van der Waals surface area contributed by atoms with Crippen molar-refractivity contribution in [1.29, 1.82) is 0 Å². The second-order valence-electron chi connectivity index (χ2n) is 3.68. The Labute approximate surface area is 108 Å². The molecule has 3 N–H and O–H groups in total. The lowest BCUT2D eigenvalue weighted by atomic mass is 10.0. The van der Waals surface area contributed by atoms with Crippen LogP contribution in [0, 0.1) is 5.82 Å². The summed E-state index contributed by atoms with van der Waals surface area (Å²) in [6, 6.07) is 2.69. The molecular formula is C12H13FO6. The van der Waals surface area contributed by atoms with Gasteiger partial charge in [0.25, 0.3) is 0 Å². The topological polar surface area (TPSA) is 104 Å². The van der Waals surface area contributed by atoms with Crippen LogP contribution in [-0.2, 0) is 9.53 Å². The number of aliphatic hydroxyl groups is 2. The number of aromatic carboxylic acids is 1. The Morgan fingerprint density at radius 3 is 2.53 bits per heavy atom. The molecule has 2 atom stereocenters. The summed E-state index contributed by atoms with van der Waals surface area (Å²) in [5.74, 6) is -3.37. The normalized spacial score (nSPS) is 13.7. The fourth-order valence-corrected chi connectivity index (χ4v) is 1.43. The molecule has 0 amide bonds. The molecule has 0 fully saturated rings. The van der Waals surface area contributed by atoms with Gasteiger partial charge in [-0.05, 0) is 25.1 Å². The van der Waals surface area contributed by atoms with Gasteiger partial charge in [-0.2, -0.15) is 0 Å². The van der Waals surface area contributed by atoms with Crippen LogP contribution in [0.15, 0.2) is 18.2 Å². The number of ether oxygens (including phenoxy) is 1. The van der Waals surface area contributed by atoms with Crippen LogP contribution in [0.1, 0.15) is 28.9 Å². The van der Waals surface area contributed by atoms with Crippen molar-refractivity contribution in [1.82, 2.24) is 0 Å². The Bertz CT molecular complexity index is 487. The molecule has 1 rings (SSSR count). The number of rotatable bonds is 5. The lowest BCUT2D eigenvalue weighted by Gasteiger charge is -2.17. The number of carbonyl (C=O) groups excluding carboxylic acids is 1. The highest BCUT2D eigenvalue weighted by molar-refractivity contribution is 5.87. The number of hydrogen-bond acceptors (Lipinski definition) is 5. The van der Waals surface area contributed by atoms with Crippen molar-refractivity contribution >= 4 is 11.9 Å². The Morgan fingerprint density at radius 1 is 1.37 bits per heavy atom. The van der Waals surface area contributed by atoms with Gasteiger partial charge < -0.3 is 20.1 Å². The van der Waals surface area contributed by atoms with E-state index in [1.165, 1.54) is 6.92 Å². The van der Waals surface area contributed by atoms with E-state index in [0.29, 0.717) is 0 Å². The van der Waals surface area contributed by atoms with Crippen LogP contribution in [0.2, 0.25) is 0 Å². The van der Waals surface area contributed by atoms with Gasteiger partial charge in [0.1, 0.15) is 11.9 Å². The maximum absolute atomic E-state index is 13.5. The molecule has 0 aromatic heterocycles. The molecule has 6 nitrogen and oxygen atoms in total. The van der Waals surface area contributed by atoms with Crippen molar-refractivity contribution in [3.8, 4) is 0 Å². The molecular weight excluding hydrogens is 259 g/mol. The molecule has 0 saturated heterocycles. The highest BCUT2D eigenvalue weighted by Crippen LogP contribution is 2.22. The van der Waals surface area contributed by atoms with Gasteiger partial charge in [0.15, 0.2) is 6.10 Å². The zero-order valence-electron chi connectivity index (χ0n) is 10.0. The Kier molecular flexibility index (Phi) is 4.96. The number of carboxylic acid groups (broad SMARTS) is 1. The Hall–Kier alpha value is -1.99. The Morgan fingerprint density at radius 2 is 2.00 bits per heavy atom. The average molecular weight is 272 g/mol. The van der Waals surface area contributed by atoms with Gasteiger partial charge >= 0.3 is 11.9 Å². The summed E-state index contributed by atoms with van der Waals surface area (Å²) < 4.78 is 18.0. The summed E-state index contributed by atoms with van der Waals surface area (Å²) in [4.78, 5) is 22.0. The first-order valence-corrected chi connectivity index (χ1v) is 5.44. The summed E-state index contributed by atoms with van der Waals surface area (Å²) in [7, 11) is 0. The first-order valence-electron chi connectivity index (χ1n) is 5.44. The van der Waals surface area contributed by atoms with Crippen molar-refractivity contribution in [2.45, 2.75) is 19.1 Å². The van der Waals surface area contributed by atoms with Crippen LogP contribution in [0.5, 0.6) is 0 Å². The highest BCUT2D eigenvalue weighted by atomic mass is 19.1. The second-order valence-corrected chi connectivity index (χ2v) is 3.68. The molecule has 1 aromatic rings. The van der Waals surface area contributed by atoms with Crippen LogP contribution in [0.3, 0.4) is 0 Å². The Balaban J connectivity index is 3.04. The monoisotopic (exact) mass is 272 g/mol. The maximum atomic E-state index is 13.5. The van der Waals surface area contributed by atoms with Crippen molar-refractivity contribution in [3.63, 3.8) is 0 Å². The average Bonchev–Trinajstić information content (AvgIpc) is 2.37. The van der Waals surface area contributed by atoms with E-state index in [2.05, 4.69) is 4.74 Å². The van der Waals surface area contributed by atoms with Crippen LogP contribution < -0.4 is 0 Å². The van der Waals surface area contributed by atoms with Crippen molar-refractivity contribution in [2.75, 3.05) is 6.61 Å². The lowest BCUT2D eigenvalue weighted by molar-refractivity contribution is -0.159. The zero-order valence-corrected chi connectivity index (χ0v) is 10.0. The van der Waals surface area contributed by atoms with E-state index in [1.54, 1.807) is 0 Å². The maximum Gasteiger partial charge on any atom is 0.338 e. The SMILES string of the molecule is CCOC(=O)C(O)C(O)c1cc(C(=O)O)ccc1F. The van der Waals surface area contributed by atoms with E-state index in [9.17, 15) is 24.2 Å². The molecule has 2 unspecified atom stereocenters. The fourth-order valence-electron chi connectivity index (χ4n) is 1.43. The van der Waals surface area contributed by atoms with Gasteiger partial charge in [-0.25, -0.2) is 14.0 Å². The molecule has 7 heteroatoms. The predicted octanol–water partition coefficient (Wildman–Crippen LogP) is 0.481. The van der Waals surface area contributed by atoms with E-state index < -0.39 is 35.5 Å². The van der Waals surface area contributed by atoms with Gasteiger partial charge in [-0.1, -0.05) is 0 Å². The van der Waals surface area contributed by atoms with Gasteiger partial charge in [-0.3, -0.25) is 0 Å². The minimum Gasteiger partial charge on any atom is -0.478 e. The third kappa shape index (κ3) is 3.49. The quantitative estimate of drug-likeness (QED) is 0.673. The van der Waals surface area contributed by atoms with Crippen molar-refractivity contribution in [3.05, 3.63) is 35.1 Å². The molecule has 0 aliphatic carbocycles. The fraction of sp³-hybridized carbons (Fsp3) is 0.333. The number of halogens is 1. The summed E-state index contributed by atoms with van der Waals surface area (Å²) >= 11 is 0. The molecule has 0 aliphatic rings. The second kappa shape index (κ2) is 6.26.